The van der Waals surface area contributed by atoms with Crippen molar-refractivity contribution in [3.05, 3.63) is 70.1 Å². The van der Waals surface area contributed by atoms with Gasteiger partial charge in [0, 0.05) is 5.56 Å². The van der Waals surface area contributed by atoms with Crippen LogP contribution < -0.4 is 4.85 Å². The second kappa shape index (κ2) is 8.41. The summed E-state index contributed by atoms with van der Waals surface area (Å²) in [4.78, 5) is 25.8. The molecule has 0 N–H and O–H groups in total. The number of nitrogens with zero attached hydrogens (tertiary/aromatic N) is 2. The Morgan fingerprint density at radius 3 is 2.12 bits per heavy atom. The molecule has 0 aliphatic carbocycles. The fraction of sp³-hybridized carbons (Fsp3) is 0.286. The van der Waals surface area contributed by atoms with E-state index in [0.717, 1.165) is 18.2 Å². The molecule has 1 aromatic heterocycles. The van der Waals surface area contributed by atoms with Crippen molar-refractivity contribution in [3.63, 3.8) is 0 Å². The van der Waals surface area contributed by atoms with Gasteiger partial charge in [-0.15, -0.1) is 4.68 Å². The maximum Gasteiger partial charge on any atom is 0.434 e. The number of alkyl halides is 6. The summed E-state index contributed by atoms with van der Waals surface area (Å²) in [5.74, 6) is -3.07. The number of aryl methyl sites for hydroxylation is 2. The average molecular weight is 474 g/mol. The molecule has 6 nitrogen and oxygen atoms in total. The lowest BCUT2D eigenvalue weighted by atomic mass is 9.99. The molecule has 0 bridgehead atoms. The fourth-order valence-corrected chi connectivity index (χ4v) is 3.48. The molecule has 3 rings (SSSR count). The summed E-state index contributed by atoms with van der Waals surface area (Å²) >= 11 is 0. The number of carbonyl (C=O) groups excluding carboxylic acids is 2. The Kier molecular flexibility index (Phi) is 6.14. The van der Waals surface area contributed by atoms with Crippen molar-refractivity contribution in [1.82, 2.24) is 4.68 Å². The molecule has 0 saturated heterocycles. The molecule has 0 radical (unpaired) electrons. The summed E-state index contributed by atoms with van der Waals surface area (Å²) in [6.07, 6.45) is -16.2. The highest BCUT2D eigenvalue weighted by molar-refractivity contribution is 6.17. The molecule has 0 atom stereocenters. The third-order valence-electron chi connectivity index (χ3n) is 4.89. The first-order chi connectivity index (χ1) is 15.3. The highest BCUT2D eigenvalue weighted by atomic mass is 19.4. The normalized spacial score (nSPS) is 12.4. The Labute approximate surface area is 182 Å². The first-order valence-electron chi connectivity index (χ1n) is 9.48. The van der Waals surface area contributed by atoms with Crippen LogP contribution in [0.2, 0.25) is 0 Å². The van der Waals surface area contributed by atoms with Gasteiger partial charge in [-0.05, 0) is 37.6 Å². The van der Waals surface area contributed by atoms with E-state index in [2.05, 4.69) is 4.74 Å². The van der Waals surface area contributed by atoms with Gasteiger partial charge in [-0.2, -0.15) is 26.3 Å². The van der Waals surface area contributed by atoms with E-state index in [1.807, 2.05) is 0 Å². The molecule has 2 aromatic carbocycles. The van der Waals surface area contributed by atoms with Crippen molar-refractivity contribution in [1.29, 1.82) is 0 Å². The van der Waals surface area contributed by atoms with E-state index >= 15 is 0 Å². The summed E-state index contributed by atoms with van der Waals surface area (Å²) < 4.78 is 81.8. The van der Waals surface area contributed by atoms with Gasteiger partial charge in [-0.1, -0.05) is 29.1 Å². The van der Waals surface area contributed by atoms with Crippen molar-refractivity contribution in [2.24, 2.45) is 0 Å². The third-order valence-corrected chi connectivity index (χ3v) is 4.89. The van der Waals surface area contributed by atoms with Crippen molar-refractivity contribution in [3.8, 4) is 0 Å². The Hall–Kier alpha value is -3.57. The number of hydrogen-bond donors (Lipinski definition) is 0. The number of fused-ring (bicyclic) bond motifs is 1. The molecule has 176 valence electrons. The van der Waals surface area contributed by atoms with Crippen LogP contribution in [0.25, 0.3) is 10.9 Å². The van der Waals surface area contributed by atoms with Crippen LogP contribution >= 0.6 is 0 Å². The number of halogens is 6. The van der Waals surface area contributed by atoms with E-state index in [9.17, 15) is 41.1 Å². The first-order valence-corrected chi connectivity index (χ1v) is 9.48. The highest BCUT2D eigenvalue weighted by Crippen LogP contribution is 2.36. The Bertz CT molecular complexity index is 1220. The molecular weight excluding hydrogens is 458 g/mol. The maximum absolute atomic E-state index is 13.2. The zero-order valence-electron chi connectivity index (χ0n) is 17.1. The van der Waals surface area contributed by atoms with Crippen molar-refractivity contribution < 1.29 is 45.5 Å². The van der Waals surface area contributed by atoms with Gasteiger partial charge < -0.3 is 9.94 Å². The summed E-state index contributed by atoms with van der Waals surface area (Å²) in [5, 5.41) is 13.1. The quantitative estimate of drug-likeness (QED) is 0.180. The number of rotatable bonds is 5. The minimum atomic E-state index is -5.92. The van der Waals surface area contributed by atoms with E-state index in [-0.39, 0.29) is 16.8 Å². The van der Waals surface area contributed by atoms with E-state index < -0.39 is 47.0 Å². The molecule has 1 heterocycles. The first kappa shape index (κ1) is 24.1. The SMILES string of the molecule is CCn1c2c(C)cccc2c(C(=O)c2ccccc2C(=O)OC(C(F)(F)F)C(F)(F)F)[n+]1[O-]. The Morgan fingerprint density at radius 1 is 1.00 bits per heavy atom. The van der Waals surface area contributed by atoms with Crippen LogP contribution in [0.5, 0.6) is 0 Å². The smallest absolute Gasteiger partial charge is 0.434 e. The maximum atomic E-state index is 13.2. The molecule has 0 unspecified atom stereocenters. The zero-order chi connectivity index (χ0) is 24.7. The molecule has 12 heteroatoms. The second-order valence-electron chi connectivity index (χ2n) is 7.05. The van der Waals surface area contributed by atoms with Crippen LogP contribution in [0, 0.1) is 12.1 Å². The highest BCUT2D eigenvalue weighted by Gasteiger charge is 2.60. The zero-order valence-corrected chi connectivity index (χ0v) is 17.1. The van der Waals surface area contributed by atoms with E-state index in [1.165, 1.54) is 16.8 Å². The molecular formula is C21H16F6N2O4. The van der Waals surface area contributed by atoms with E-state index in [4.69, 9.17) is 0 Å². The minimum Gasteiger partial charge on any atom is -0.595 e. The van der Waals surface area contributed by atoms with Crippen LogP contribution in [0.1, 0.15) is 38.9 Å². The lowest BCUT2D eigenvalue weighted by Gasteiger charge is -2.23. The number of aromatic nitrogens is 2. The van der Waals surface area contributed by atoms with Crippen LogP contribution in [-0.4, -0.2) is 34.9 Å². The molecule has 0 amide bonds. The summed E-state index contributed by atoms with van der Waals surface area (Å²) in [5.41, 5.74) is -0.770. The lowest BCUT2D eigenvalue weighted by Crippen LogP contribution is -2.45. The molecule has 33 heavy (non-hydrogen) atoms. The summed E-state index contributed by atoms with van der Waals surface area (Å²) in [6, 6.07) is 8.98. The molecule has 0 aliphatic rings. The summed E-state index contributed by atoms with van der Waals surface area (Å²) in [7, 11) is 0. The molecule has 0 spiro atoms. The molecule has 0 saturated carbocycles. The standard InChI is InChI=1S/C21H16F6N2O4/c1-3-28-15-11(2)7-6-10-14(15)16(29(28)32)17(30)12-8-4-5-9-13(12)18(31)33-19(20(22,23)24)21(25,26)27/h4-10,19H,3H2,1-2H3. The summed E-state index contributed by atoms with van der Waals surface area (Å²) in [6.45, 7) is 3.51. The van der Waals surface area contributed by atoms with Gasteiger partial charge in [0.25, 0.3) is 17.6 Å². The number of esters is 1. The second-order valence-corrected chi connectivity index (χ2v) is 7.05. The van der Waals surface area contributed by atoms with Crippen LogP contribution in [0.15, 0.2) is 42.5 Å². The average Bonchev–Trinajstić information content (AvgIpc) is 3.02. The monoisotopic (exact) mass is 474 g/mol. The topological polar surface area (TPSA) is 75.2 Å². The van der Waals surface area contributed by atoms with Gasteiger partial charge in [0.15, 0.2) is 0 Å². The molecule has 3 aromatic rings. The molecule has 0 fully saturated rings. The van der Waals surface area contributed by atoms with Crippen molar-refractivity contribution >= 4 is 22.7 Å². The van der Waals surface area contributed by atoms with Crippen LogP contribution in [-0.2, 0) is 11.3 Å². The van der Waals surface area contributed by atoms with Crippen LogP contribution in [0.3, 0.4) is 0 Å². The van der Waals surface area contributed by atoms with Gasteiger partial charge in [0.1, 0.15) is 5.52 Å². The largest absolute Gasteiger partial charge is 0.595 e. The Balaban J connectivity index is 2.11. The number of ether oxygens (including phenoxy) is 1. The number of hydrogen-bond acceptors (Lipinski definition) is 4. The van der Waals surface area contributed by atoms with Gasteiger partial charge in [0.2, 0.25) is 0 Å². The number of para-hydroxylation sites is 1. The van der Waals surface area contributed by atoms with Crippen molar-refractivity contribution in [2.45, 2.75) is 38.8 Å². The van der Waals surface area contributed by atoms with Gasteiger partial charge in [-0.25, -0.2) is 4.79 Å². The van der Waals surface area contributed by atoms with Gasteiger partial charge in [0.05, 0.1) is 17.5 Å². The predicted molar refractivity (Wildman–Crippen MR) is 102 cm³/mol. The fourth-order valence-electron chi connectivity index (χ4n) is 3.48. The number of ketones is 1. The van der Waals surface area contributed by atoms with Crippen molar-refractivity contribution in [2.75, 3.05) is 0 Å². The minimum absolute atomic E-state index is 0.167. The van der Waals surface area contributed by atoms with Gasteiger partial charge in [-0.3, -0.25) is 4.79 Å². The number of carbonyl (C=O) groups is 2. The van der Waals surface area contributed by atoms with Gasteiger partial charge >= 0.3 is 18.3 Å². The predicted octanol–water partition coefficient (Wildman–Crippen LogP) is 4.48. The number of benzene rings is 2. The van der Waals surface area contributed by atoms with E-state index in [1.54, 1.807) is 26.0 Å². The third kappa shape index (κ3) is 4.37. The van der Waals surface area contributed by atoms with Crippen LogP contribution in [0.4, 0.5) is 26.3 Å². The Morgan fingerprint density at radius 2 is 1.58 bits per heavy atom. The lowest BCUT2D eigenvalue weighted by molar-refractivity contribution is -0.692. The van der Waals surface area contributed by atoms with E-state index in [0.29, 0.717) is 11.1 Å². The molecule has 0 aliphatic heterocycles.